The summed E-state index contributed by atoms with van der Waals surface area (Å²) in [6.45, 7) is 5.88. The Morgan fingerprint density at radius 3 is 2.19 bits per heavy atom. The molecule has 0 aliphatic heterocycles. The Morgan fingerprint density at radius 2 is 1.81 bits per heavy atom. The first-order chi connectivity index (χ1) is 7.29. The fourth-order valence-electron chi connectivity index (χ4n) is 0.973. The summed E-state index contributed by atoms with van der Waals surface area (Å²) in [6.07, 6.45) is 0. The lowest BCUT2D eigenvalue weighted by Gasteiger charge is -2.12. The minimum atomic E-state index is -0.750. The first-order valence-corrected chi connectivity index (χ1v) is 6.68. The lowest BCUT2D eigenvalue weighted by atomic mass is 10.1. The van der Waals surface area contributed by atoms with Gasteiger partial charge >= 0.3 is 0 Å². The highest BCUT2D eigenvalue weighted by molar-refractivity contribution is 8.10. The minimum Gasteiger partial charge on any atom is -0.258 e. The van der Waals surface area contributed by atoms with Crippen LogP contribution in [0, 0.1) is 10.1 Å². The summed E-state index contributed by atoms with van der Waals surface area (Å²) in [6, 6.07) is 6.17. The summed E-state index contributed by atoms with van der Waals surface area (Å²) >= 11 is 0. The van der Waals surface area contributed by atoms with Crippen LogP contribution in [0.5, 0.6) is 0 Å². The van der Waals surface area contributed by atoms with E-state index in [1.807, 2.05) is 20.8 Å². The van der Waals surface area contributed by atoms with Crippen molar-refractivity contribution in [1.82, 2.24) is 0 Å². The van der Waals surface area contributed by atoms with E-state index in [-0.39, 0.29) is 11.2 Å². The Hall–Kier alpha value is -0.940. The van der Waals surface area contributed by atoms with Crippen molar-refractivity contribution < 1.29 is 4.92 Å². The van der Waals surface area contributed by atoms with E-state index in [1.54, 1.807) is 12.1 Å². The molecule has 1 unspecified atom stereocenters. The number of non-ortho nitro benzene ring substituents is 1. The lowest BCUT2D eigenvalue weighted by molar-refractivity contribution is -0.384. The van der Waals surface area contributed by atoms with Gasteiger partial charge in [0.2, 0.25) is 0 Å². The normalized spacial score (nSPS) is 13.8. The molecule has 0 bridgehead atoms. The quantitative estimate of drug-likeness (QED) is 0.601. The number of nitro groups is 1. The molecule has 1 atom stereocenters. The molecule has 0 aliphatic rings. The maximum Gasteiger partial charge on any atom is 0.269 e. The van der Waals surface area contributed by atoms with Crippen LogP contribution in [0.1, 0.15) is 20.8 Å². The maximum absolute atomic E-state index is 10.5. The van der Waals surface area contributed by atoms with Crippen LogP contribution in [-0.4, -0.2) is 10.5 Å². The Labute approximate surface area is 101 Å². The van der Waals surface area contributed by atoms with E-state index in [4.69, 9.17) is 10.7 Å². The van der Waals surface area contributed by atoms with Gasteiger partial charge in [-0.1, -0.05) is 0 Å². The van der Waals surface area contributed by atoms with E-state index in [0.29, 0.717) is 0 Å². The van der Waals surface area contributed by atoms with Crippen LogP contribution in [0.25, 0.3) is 0 Å². The summed E-state index contributed by atoms with van der Waals surface area (Å²) < 4.78 is 4.38. The molecule has 16 heavy (non-hydrogen) atoms. The van der Waals surface area contributed by atoms with Crippen molar-refractivity contribution in [3.05, 3.63) is 34.4 Å². The van der Waals surface area contributed by atoms with Crippen molar-refractivity contribution in [1.29, 1.82) is 0 Å². The highest BCUT2D eigenvalue weighted by Crippen LogP contribution is 2.21. The van der Waals surface area contributed by atoms with Gasteiger partial charge in [0.05, 0.1) is 10.5 Å². The van der Waals surface area contributed by atoms with Gasteiger partial charge in [-0.3, -0.25) is 10.1 Å². The van der Waals surface area contributed by atoms with Crippen molar-refractivity contribution in [3.8, 4) is 0 Å². The topological polar surface area (TPSA) is 55.5 Å². The molecule has 0 aromatic heterocycles. The molecule has 0 saturated carbocycles. The zero-order chi connectivity index (χ0) is 12.3. The number of nitrogens with zero attached hydrogens (tertiary/aromatic N) is 2. The molecule has 0 radical (unpaired) electrons. The van der Waals surface area contributed by atoms with E-state index in [2.05, 4.69) is 4.36 Å². The Morgan fingerprint density at radius 1 is 1.31 bits per heavy atom. The number of rotatable bonds is 2. The van der Waals surface area contributed by atoms with Crippen LogP contribution in [-0.2, 0) is 9.90 Å². The summed E-state index contributed by atoms with van der Waals surface area (Å²) in [5, 5.41) is 10.5. The third kappa shape index (κ3) is 3.90. The SMILES string of the molecule is CC(C)(C)N=S(Cl)c1ccc([N+](=O)[O-])cc1. The van der Waals surface area contributed by atoms with Crippen molar-refractivity contribution in [2.75, 3.05) is 0 Å². The van der Waals surface area contributed by atoms with E-state index >= 15 is 0 Å². The van der Waals surface area contributed by atoms with Gasteiger partial charge in [-0.25, -0.2) is 4.36 Å². The third-order valence-corrected chi connectivity index (χ3v) is 3.71. The Kier molecular flexibility index (Phi) is 4.04. The highest BCUT2D eigenvalue weighted by Gasteiger charge is 2.10. The molecule has 0 aliphatic carbocycles. The van der Waals surface area contributed by atoms with Gasteiger partial charge in [0.25, 0.3) is 5.69 Å². The second kappa shape index (κ2) is 4.93. The molecule has 1 rings (SSSR count). The largest absolute Gasteiger partial charge is 0.269 e. The predicted octanol–water partition coefficient (Wildman–Crippen LogP) is 3.71. The first-order valence-electron chi connectivity index (χ1n) is 4.67. The van der Waals surface area contributed by atoms with Gasteiger partial charge in [0, 0.05) is 26.9 Å². The van der Waals surface area contributed by atoms with Gasteiger partial charge in [0.15, 0.2) is 0 Å². The first kappa shape index (κ1) is 13.1. The minimum absolute atomic E-state index is 0.0631. The highest BCUT2D eigenvalue weighted by atomic mass is 35.7. The molecule has 4 nitrogen and oxygen atoms in total. The fourth-order valence-corrected chi connectivity index (χ4v) is 2.85. The lowest BCUT2D eigenvalue weighted by Crippen LogP contribution is -2.09. The number of halogens is 1. The summed E-state index contributed by atoms with van der Waals surface area (Å²) in [5.74, 6) is 0. The second-order valence-corrected chi connectivity index (χ2v) is 6.26. The molecular weight excluding hydrogens is 248 g/mol. The standard InChI is InChI=1S/C10H13ClN2O2S/c1-10(2,3)12-16(11)9-6-4-8(5-7-9)13(14)15/h4-7H,1-3H3. The fraction of sp³-hybridized carbons (Fsp3) is 0.400. The number of nitro benzene ring substituents is 1. The van der Waals surface area contributed by atoms with E-state index in [9.17, 15) is 10.1 Å². The van der Waals surface area contributed by atoms with Crippen LogP contribution in [0.3, 0.4) is 0 Å². The van der Waals surface area contributed by atoms with Gasteiger partial charge in [0.1, 0.15) is 0 Å². The van der Waals surface area contributed by atoms with Gasteiger partial charge in [-0.15, -0.1) is 0 Å². The van der Waals surface area contributed by atoms with Crippen LogP contribution in [0.4, 0.5) is 5.69 Å². The van der Waals surface area contributed by atoms with Crippen LogP contribution in [0.15, 0.2) is 33.5 Å². The Bertz CT molecular complexity index is 423. The van der Waals surface area contributed by atoms with Crippen molar-refractivity contribution in [2.45, 2.75) is 31.2 Å². The second-order valence-electron chi connectivity index (χ2n) is 4.25. The van der Waals surface area contributed by atoms with Crippen molar-refractivity contribution >= 4 is 26.3 Å². The van der Waals surface area contributed by atoms with Crippen LogP contribution in [0.2, 0.25) is 0 Å². The average molecular weight is 261 g/mol. The zero-order valence-corrected chi connectivity index (χ0v) is 10.9. The molecule has 0 amide bonds. The number of benzene rings is 1. The van der Waals surface area contributed by atoms with Gasteiger partial charge in [-0.05, 0) is 43.6 Å². The summed E-state index contributed by atoms with van der Waals surface area (Å²) in [5.41, 5.74) is -0.153. The van der Waals surface area contributed by atoms with Gasteiger partial charge in [-0.2, -0.15) is 0 Å². The third-order valence-electron chi connectivity index (χ3n) is 1.60. The summed E-state index contributed by atoms with van der Waals surface area (Å²) in [7, 11) is 5.36. The van der Waals surface area contributed by atoms with E-state index in [1.165, 1.54) is 12.1 Å². The monoisotopic (exact) mass is 260 g/mol. The molecular formula is C10H13ClN2O2S. The summed E-state index contributed by atoms with van der Waals surface area (Å²) in [4.78, 5) is 10.8. The van der Waals surface area contributed by atoms with E-state index < -0.39 is 14.8 Å². The van der Waals surface area contributed by atoms with Crippen molar-refractivity contribution in [2.24, 2.45) is 4.36 Å². The molecule has 0 heterocycles. The zero-order valence-electron chi connectivity index (χ0n) is 9.31. The van der Waals surface area contributed by atoms with Crippen LogP contribution >= 0.6 is 10.7 Å². The molecule has 88 valence electrons. The number of hydrogen-bond donors (Lipinski definition) is 0. The maximum atomic E-state index is 10.5. The van der Waals surface area contributed by atoms with E-state index in [0.717, 1.165) is 4.90 Å². The smallest absolute Gasteiger partial charge is 0.258 e. The molecule has 0 saturated heterocycles. The molecule has 6 heteroatoms. The Balaban J connectivity index is 2.99. The predicted molar refractivity (Wildman–Crippen MR) is 66.8 cm³/mol. The molecule has 0 N–H and O–H groups in total. The van der Waals surface area contributed by atoms with Crippen LogP contribution < -0.4 is 0 Å². The number of hydrogen-bond acceptors (Lipinski definition) is 3. The van der Waals surface area contributed by atoms with Gasteiger partial charge < -0.3 is 0 Å². The van der Waals surface area contributed by atoms with Crippen molar-refractivity contribution in [3.63, 3.8) is 0 Å². The molecule has 0 fully saturated rings. The molecule has 1 aromatic carbocycles. The molecule has 0 spiro atoms. The average Bonchev–Trinajstić information content (AvgIpc) is 2.15. The molecule has 1 aromatic rings.